The Morgan fingerprint density at radius 1 is 1.17 bits per heavy atom. The predicted molar refractivity (Wildman–Crippen MR) is 71.2 cm³/mol. The lowest BCUT2D eigenvalue weighted by atomic mass is 10.4. The van der Waals surface area contributed by atoms with Gasteiger partial charge in [0.05, 0.1) is 13.1 Å². The van der Waals surface area contributed by atoms with E-state index in [-0.39, 0.29) is 11.8 Å². The summed E-state index contributed by atoms with van der Waals surface area (Å²) in [5.74, 6) is 0.783. The third kappa shape index (κ3) is 5.49. The van der Waals surface area contributed by atoms with Crippen molar-refractivity contribution in [2.75, 3.05) is 39.8 Å². The molecular weight excluding hydrogens is 230 g/mol. The Labute approximate surface area is 110 Å². The van der Waals surface area contributed by atoms with Crippen LogP contribution in [-0.2, 0) is 9.59 Å². The quantitative estimate of drug-likeness (QED) is 0.679. The molecule has 0 bridgehead atoms. The van der Waals surface area contributed by atoms with Gasteiger partial charge in [-0.1, -0.05) is 0 Å². The minimum absolute atomic E-state index is 0.0109. The second-order valence-corrected chi connectivity index (χ2v) is 4.99. The van der Waals surface area contributed by atoms with Gasteiger partial charge in [0.15, 0.2) is 0 Å². The molecule has 1 saturated carbocycles. The molecule has 0 saturated heterocycles. The van der Waals surface area contributed by atoms with Gasteiger partial charge < -0.3 is 10.2 Å². The molecule has 1 aliphatic rings. The molecule has 0 unspecified atom stereocenters. The Hall–Kier alpha value is -1.10. The van der Waals surface area contributed by atoms with Crippen molar-refractivity contribution < 1.29 is 9.59 Å². The number of amides is 2. The van der Waals surface area contributed by atoms with Crippen molar-refractivity contribution in [3.05, 3.63) is 0 Å². The fourth-order valence-corrected chi connectivity index (χ4v) is 1.84. The summed E-state index contributed by atoms with van der Waals surface area (Å²) in [6.07, 6.45) is 2.47. The molecule has 1 N–H and O–H groups in total. The summed E-state index contributed by atoms with van der Waals surface area (Å²) in [4.78, 5) is 27.0. The molecule has 2 amide bonds. The van der Waals surface area contributed by atoms with E-state index in [0.717, 1.165) is 19.6 Å². The van der Waals surface area contributed by atoms with E-state index < -0.39 is 0 Å². The molecule has 1 fully saturated rings. The molecule has 0 aromatic carbocycles. The largest absolute Gasteiger partial charge is 0.355 e. The molecule has 5 nitrogen and oxygen atoms in total. The van der Waals surface area contributed by atoms with E-state index in [1.807, 2.05) is 13.8 Å². The zero-order chi connectivity index (χ0) is 13.5. The van der Waals surface area contributed by atoms with Crippen molar-refractivity contribution in [1.29, 1.82) is 0 Å². The molecule has 0 spiro atoms. The Bertz CT molecular complexity index is 286. The third-order valence-corrected chi connectivity index (χ3v) is 3.22. The fourth-order valence-electron chi connectivity index (χ4n) is 1.84. The first kappa shape index (κ1) is 15.0. The maximum atomic E-state index is 11.8. The van der Waals surface area contributed by atoms with E-state index in [0.29, 0.717) is 19.0 Å². The van der Waals surface area contributed by atoms with Gasteiger partial charge in [0.1, 0.15) is 0 Å². The van der Waals surface area contributed by atoms with Gasteiger partial charge in [0, 0.05) is 19.6 Å². The van der Waals surface area contributed by atoms with Gasteiger partial charge in [0.2, 0.25) is 11.8 Å². The van der Waals surface area contributed by atoms with Gasteiger partial charge in [-0.2, -0.15) is 0 Å². The normalized spacial score (nSPS) is 14.7. The van der Waals surface area contributed by atoms with Crippen LogP contribution in [0.5, 0.6) is 0 Å². The first-order chi connectivity index (χ1) is 8.56. The van der Waals surface area contributed by atoms with Gasteiger partial charge in [0.25, 0.3) is 0 Å². The predicted octanol–water partition coefficient (Wildman–Crippen LogP) is 0.313. The highest BCUT2D eigenvalue weighted by Crippen LogP contribution is 2.27. The van der Waals surface area contributed by atoms with Gasteiger partial charge in [-0.05, 0) is 39.7 Å². The Balaban J connectivity index is 2.19. The highest BCUT2D eigenvalue weighted by atomic mass is 16.2. The number of likely N-dealkylation sites (N-methyl/N-ethyl adjacent to an activating group) is 2. The average Bonchev–Trinajstić information content (AvgIpc) is 3.11. The average molecular weight is 255 g/mol. The van der Waals surface area contributed by atoms with Crippen LogP contribution in [0, 0.1) is 5.92 Å². The molecular formula is C13H25N3O2. The van der Waals surface area contributed by atoms with Crippen LogP contribution in [0.2, 0.25) is 0 Å². The number of hydrogen-bond acceptors (Lipinski definition) is 3. The molecule has 1 rings (SSSR count). The number of rotatable bonds is 8. The van der Waals surface area contributed by atoms with Gasteiger partial charge in [-0.25, -0.2) is 0 Å². The maximum absolute atomic E-state index is 11.8. The number of nitrogens with one attached hydrogen (secondary N) is 1. The van der Waals surface area contributed by atoms with Gasteiger partial charge in [-0.3, -0.25) is 14.5 Å². The zero-order valence-electron chi connectivity index (χ0n) is 11.7. The van der Waals surface area contributed by atoms with E-state index in [4.69, 9.17) is 0 Å². The molecule has 0 aliphatic heterocycles. The van der Waals surface area contributed by atoms with Gasteiger partial charge >= 0.3 is 0 Å². The number of carbonyl (C=O) groups excluding carboxylic acids is 2. The van der Waals surface area contributed by atoms with Crippen LogP contribution in [0.1, 0.15) is 26.7 Å². The van der Waals surface area contributed by atoms with Crippen LogP contribution in [0.3, 0.4) is 0 Å². The number of hydrogen-bond donors (Lipinski definition) is 1. The van der Waals surface area contributed by atoms with E-state index in [1.54, 1.807) is 16.8 Å². The van der Waals surface area contributed by atoms with Crippen molar-refractivity contribution in [2.45, 2.75) is 26.7 Å². The van der Waals surface area contributed by atoms with Crippen LogP contribution in [0.15, 0.2) is 0 Å². The lowest BCUT2D eigenvalue weighted by Crippen LogP contribution is -2.42. The molecule has 1 aliphatic carbocycles. The smallest absolute Gasteiger partial charge is 0.236 e. The minimum atomic E-state index is 0.0109. The van der Waals surface area contributed by atoms with E-state index in [2.05, 4.69) is 5.32 Å². The molecule has 0 heterocycles. The van der Waals surface area contributed by atoms with Crippen LogP contribution >= 0.6 is 0 Å². The van der Waals surface area contributed by atoms with E-state index in [1.165, 1.54) is 12.8 Å². The van der Waals surface area contributed by atoms with E-state index in [9.17, 15) is 9.59 Å². The molecule has 5 heteroatoms. The van der Waals surface area contributed by atoms with Crippen LogP contribution in [0.25, 0.3) is 0 Å². The maximum Gasteiger partial charge on any atom is 0.236 e. The monoisotopic (exact) mass is 255 g/mol. The summed E-state index contributed by atoms with van der Waals surface area (Å²) in [7, 11) is 1.80. The summed E-state index contributed by atoms with van der Waals surface area (Å²) >= 11 is 0. The summed E-state index contributed by atoms with van der Waals surface area (Å²) in [6.45, 7) is 6.75. The molecule has 104 valence electrons. The second kappa shape index (κ2) is 7.36. The fraction of sp³-hybridized carbons (Fsp3) is 0.846. The summed E-state index contributed by atoms with van der Waals surface area (Å²) in [6, 6.07) is 0. The standard InChI is InChI=1S/C13H25N3O2/c1-4-16(5-2)13(18)10-15(3)9-12(17)14-8-11-6-7-11/h11H,4-10H2,1-3H3,(H,14,17). The minimum Gasteiger partial charge on any atom is -0.355 e. The van der Waals surface area contributed by atoms with Crippen LogP contribution < -0.4 is 5.32 Å². The molecule has 0 atom stereocenters. The highest BCUT2D eigenvalue weighted by Gasteiger charge is 2.22. The topological polar surface area (TPSA) is 52.7 Å². The lowest BCUT2D eigenvalue weighted by molar-refractivity contribution is -0.132. The summed E-state index contributed by atoms with van der Waals surface area (Å²) in [5, 5.41) is 2.90. The Morgan fingerprint density at radius 2 is 1.78 bits per heavy atom. The van der Waals surface area contributed by atoms with E-state index >= 15 is 0 Å². The van der Waals surface area contributed by atoms with Crippen LogP contribution in [-0.4, -0.2) is 61.4 Å². The van der Waals surface area contributed by atoms with Crippen molar-refractivity contribution in [3.8, 4) is 0 Å². The highest BCUT2D eigenvalue weighted by molar-refractivity contribution is 5.81. The molecule has 18 heavy (non-hydrogen) atoms. The van der Waals surface area contributed by atoms with Crippen molar-refractivity contribution in [3.63, 3.8) is 0 Å². The van der Waals surface area contributed by atoms with Crippen molar-refractivity contribution in [1.82, 2.24) is 15.1 Å². The Kier molecular flexibility index (Phi) is 6.12. The van der Waals surface area contributed by atoms with Gasteiger partial charge in [-0.15, -0.1) is 0 Å². The third-order valence-electron chi connectivity index (χ3n) is 3.22. The second-order valence-electron chi connectivity index (χ2n) is 4.99. The molecule has 0 radical (unpaired) electrons. The Morgan fingerprint density at radius 3 is 2.28 bits per heavy atom. The van der Waals surface area contributed by atoms with Crippen molar-refractivity contribution >= 4 is 11.8 Å². The SMILES string of the molecule is CCN(CC)C(=O)CN(C)CC(=O)NCC1CC1. The molecule has 0 aromatic rings. The first-order valence-corrected chi connectivity index (χ1v) is 6.79. The lowest BCUT2D eigenvalue weighted by Gasteiger charge is -2.22. The first-order valence-electron chi connectivity index (χ1n) is 6.79. The number of carbonyl (C=O) groups is 2. The number of nitrogens with zero attached hydrogens (tertiary/aromatic N) is 2. The summed E-state index contributed by atoms with van der Waals surface area (Å²) in [5.41, 5.74) is 0. The van der Waals surface area contributed by atoms with Crippen molar-refractivity contribution in [2.24, 2.45) is 5.92 Å². The summed E-state index contributed by atoms with van der Waals surface area (Å²) < 4.78 is 0. The van der Waals surface area contributed by atoms with Crippen LogP contribution in [0.4, 0.5) is 0 Å². The zero-order valence-corrected chi connectivity index (χ0v) is 11.7. The molecule has 0 aromatic heterocycles.